The molecule has 0 saturated heterocycles. The molecular formula is C22H26N2O2. The fourth-order valence-corrected chi connectivity index (χ4v) is 3.15. The smallest absolute Gasteiger partial charge is 0.240 e. The van der Waals surface area contributed by atoms with E-state index in [1.165, 1.54) is 11.1 Å². The van der Waals surface area contributed by atoms with Crippen molar-refractivity contribution in [1.82, 2.24) is 10.6 Å². The van der Waals surface area contributed by atoms with E-state index in [1.54, 1.807) is 0 Å². The maximum atomic E-state index is 12.5. The molecule has 0 aliphatic heterocycles. The second-order valence-electron chi connectivity index (χ2n) is 7.29. The molecule has 2 aromatic carbocycles. The summed E-state index contributed by atoms with van der Waals surface area (Å²) in [7, 11) is 0. The molecule has 2 aromatic rings. The molecule has 2 N–H and O–H groups in total. The van der Waals surface area contributed by atoms with Crippen LogP contribution in [0.1, 0.15) is 41.6 Å². The summed E-state index contributed by atoms with van der Waals surface area (Å²) in [6, 6.07) is 15.9. The Morgan fingerprint density at radius 1 is 1.04 bits per heavy atom. The summed E-state index contributed by atoms with van der Waals surface area (Å²) >= 11 is 0. The van der Waals surface area contributed by atoms with Crippen LogP contribution in [-0.2, 0) is 9.59 Å². The number of aryl methyl sites for hydroxylation is 2. The summed E-state index contributed by atoms with van der Waals surface area (Å²) in [5, 5.41) is 5.82. The minimum absolute atomic E-state index is 0.0101. The molecule has 136 valence electrons. The van der Waals surface area contributed by atoms with Gasteiger partial charge in [0.05, 0.1) is 12.6 Å². The molecule has 0 radical (unpaired) electrons. The van der Waals surface area contributed by atoms with E-state index in [0.717, 1.165) is 17.5 Å². The third kappa shape index (κ3) is 4.31. The lowest BCUT2D eigenvalue weighted by molar-refractivity contribution is -0.127. The Bertz CT molecular complexity index is 801. The van der Waals surface area contributed by atoms with Crippen LogP contribution in [0.25, 0.3) is 0 Å². The van der Waals surface area contributed by atoms with Gasteiger partial charge in [0, 0.05) is 5.92 Å². The second-order valence-corrected chi connectivity index (χ2v) is 7.29. The molecule has 3 rings (SSSR count). The topological polar surface area (TPSA) is 58.2 Å². The minimum atomic E-state index is -0.236. The van der Waals surface area contributed by atoms with Crippen LogP contribution in [0.4, 0.5) is 0 Å². The third-order valence-corrected chi connectivity index (χ3v) is 5.17. The zero-order valence-electron chi connectivity index (χ0n) is 15.6. The van der Waals surface area contributed by atoms with E-state index in [1.807, 2.05) is 36.4 Å². The van der Waals surface area contributed by atoms with E-state index in [0.29, 0.717) is 5.92 Å². The molecule has 0 heterocycles. The highest BCUT2D eigenvalue weighted by Gasteiger charge is 2.39. The van der Waals surface area contributed by atoms with Gasteiger partial charge in [-0.05, 0) is 48.4 Å². The van der Waals surface area contributed by atoms with Gasteiger partial charge in [-0.3, -0.25) is 9.59 Å². The summed E-state index contributed by atoms with van der Waals surface area (Å²) in [5.41, 5.74) is 4.47. The summed E-state index contributed by atoms with van der Waals surface area (Å²) in [4.78, 5) is 24.4. The Morgan fingerprint density at radius 2 is 1.73 bits per heavy atom. The van der Waals surface area contributed by atoms with Crippen molar-refractivity contribution >= 4 is 11.8 Å². The maximum absolute atomic E-state index is 12.5. The molecule has 4 nitrogen and oxygen atoms in total. The summed E-state index contributed by atoms with van der Waals surface area (Å²) in [5.74, 6) is 0.312. The number of carbonyl (C=O) groups excluding carboxylic acids is 2. The van der Waals surface area contributed by atoms with Crippen LogP contribution < -0.4 is 10.6 Å². The van der Waals surface area contributed by atoms with Gasteiger partial charge in [0.1, 0.15) is 0 Å². The van der Waals surface area contributed by atoms with Crippen molar-refractivity contribution in [3.8, 4) is 0 Å². The van der Waals surface area contributed by atoms with Gasteiger partial charge in [-0.25, -0.2) is 0 Å². The van der Waals surface area contributed by atoms with Gasteiger partial charge < -0.3 is 10.6 Å². The van der Waals surface area contributed by atoms with Crippen molar-refractivity contribution in [3.05, 3.63) is 70.8 Å². The number of rotatable bonds is 6. The van der Waals surface area contributed by atoms with Crippen LogP contribution >= 0.6 is 0 Å². The van der Waals surface area contributed by atoms with Crippen molar-refractivity contribution in [2.75, 3.05) is 6.54 Å². The van der Waals surface area contributed by atoms with Gasteiger partial charge >= 0.3 is 0 Å². The number of benzene rings is 2. The standard InChI is InChI=1S/C22H26N2O2/c1-14-9-10-18(11-15(14)2)21(17-7-5-4-6-8-17)24-20(25)13-23-22(26)19-12-16(19)3/h4-11,16,19,21H,12-13H2,1-3H3,(H,23,26)(H,24,25)/t16-,19+,21+/m0/s1. The molecule has 1 fully saturated rings. The van der Waals surface area contributed by atoms with E-state index in [2.05, 4.69) is 43.5 Å². The Balaban J connectivity index is 1.72. The zero-order valence-corrected chi connectivity index (χ0v) is 15.6. The summed E-state index contributed by atoms with van der Waals surface area (Å²) in [6.45, 7) is 6.20. The van der Waals surface area contributed by atoms with Gasteiger partial charge in [-0.1, -0.05) is 55.5 Å². The Hall–Kier alpha value is -2.62. The SMILES string of the molecule is Cc1ccc([C@H](NC(=O)CNC(=O)[C@@H]2C[C@@H]2C)c2ccccc2)cc1C. The molecule has 0 bridgehead atoms. The molecule has 1 saturated carbocycles. The average Bonchev–Trinajstić information content (AvgIpc) is 3.37. The molecule has 2 amide bonds. The van der Waals surface area contributed by atoms with Crippen molar-refractivity contribution in [2.45, 2.75) is 33.2 Å². The Kier molecular flexibility index (Phi) is 5.40. The Labute approximate surface area is 155 Å². The number of nitrogens with one attached hydrogen (secondary N) is 2. The first kappa shape index (κ1) is 18.2. The predicted molar refractivity (Wildman–Crippen MR) is 103 cm³/mol. The highest BCUT2D eigenvalue weighted by atomic mass is 16.2. The summed E-state index contributed by atoms with van der Waals surface area (Å²) < 4.78 is 0. The normalized spacial score (nSPS) is 19.5. The molecular weight excluding hydrogens is 324 g/mol. The molecule has 0 spiro atoms. The molecule has 1 aliphatic rings. The van der Waals surface area contributed by atoms with Crippen molar-refractivity contribution in [1.29, 1.82) is 0 Å². The average molecular weight is 350 g/mol. The van der Waals surface area contributed by atoms with E-state index >= 15 is 0 Å². The molecule has 4 heteroatoms. The number of amides is 2. The zero-order chi connectivity index (χ0) is 18.7. The summed E-state index contributed by atoms with van der Waals surface area (Å²) in [6.07, 6.45) is 0.919. The predicted octanol–water partition coefficient (Wildman–Crippen LogP) is 3.28. The van der Waals surface area contributed by atoms with Crippen molar-refractivity contribution in [2.24, 2.45) is 11.8 Å². The van der Waals surface area contributed by atoms with Crippen LogP contribution in [0.15, 0.2) is 48.5 Å². The lowest BCUT2D eigenvalue weighted by Gasteiger charge is -2.21. The lowest BCUT2D eigenvalue weighted by atomic mass is 9.95. The molecule has 0 unspecified atom stereocenters. The fourth-order valence-electron chi connectivity index (χ4n) is 3.15. The van der Waals surface area contributed by atoms with E-state index in [9.17, 15) is 9.59 Å². The first-order valence-electron chi connectivity index (χ1n) is 9.15. The molecule has 1 aliphatic carbocycles. The fraction of sp³-hybridized carbons (Fsp3) is 0.364. The third-order valence-electron chi connectivity index (χ3n) is 5.17. The monoisotopic (exact) mass is 350 g/mol. The van der Waals surface area contributed by atoms with Gasteiger partial charge in [-0.2, -0.15) is 0 Å². The first-order chi connectivity index (χ1) is 12.5. The second kappa shape index (κ2) is 7.73. The molecule has 3 atom stereocenters. The highest BCUT2D eigenvalue weighted by molar-refractivity contribution is 5.87. The van der Waals surface area contributed by atoms with Crippen LogP contribution in [0.3, 0.4) is 0 Å². The lowest BCUT2D eigenvalue weighted by Crippen LogP contribution is -2.39. The van der Waals surface area contributed by atoms with Gasteiger partial charge in [0.25, 0.3) is 0 Å². The van der Waals surface area contributed by atoms with Crippen LogP contribution in [0.5, 0.6) is 0 Å². The van der Waals surface area contributed by atoms with E-state index in [4.69, 9.17) is 0 Å². The van der Waals surface area contributed by atoms with E-state index in [-0.39, 0.29) is 30.3 Å². The van der Waals surface area contributed by atoms with Crippen LogP contribution in [0, 0.1) is 25.7 Å². The number of hydrogen-bond acceptors (Lipinski definition) is 2. The minimum Gasteiger partial charge on any atom is -0.347 e. The quantitative estimate of drug-likeness (QED) is 0.840. The van der Waals surface area contributed by atoms with Gasteiger partial charge in [0.15, 0.2) is 0 Å². The van der Waals surface area contributed by atoms with Crippen molar-refractivity contribution in [3.63, 3.8) is 0 Å². The van der Waals surface area contributed by atoms with E-state index < -0.39 is 0 Å². The van der Waals surface area contributed by atoms with Gasteiger partial charge in [-0.15, -0.1) is 0 Å². The largest absolute Gasteiger partial charge is 0.347 e. The highest BCUT2D eigenvalue weighted by Crippen LogP contribution is 2.37. The number of hydrogen-bond donors (Lipinski definition) is 2. The molecule has 0 aromatic heterocycles. The van der Waals surface area contributed by atoms with Crippen LogP contribution in [0.2, 0.25) is 0 Å². The van der Waals surface area contributed by atoms with Gasteiger partial charge in [0.2, 0.25) is 11.8 Å². The number of carbonyl (C=O) groups is 2. The van der Waals surface area contributed by atoms with Crippen molar-refractivity contribution < 1.29 is 9.59 Å². The van der Waals surface area contributed by atoms with Crippen LogP contribution in [-0.4, -0.2) is 18.4 Å². The molecule has 26 heavy (non-hydrogen) atoms. The maximum Gasteiger partial charge on any atom is 0.240 e. The Morgan fingerprint density at radius 3 is 2.35 bits per heavy atom. The first-order valence-corrected chi connectivity index (χ1v) is 9.15.